The summed E-state index contributed by atoms with van der Waals surface area (Å²) < 4.78 is 5.29. The standard InChI is InChI=1S/C20H22Cl2N2O2/c1-26-17-5-2-4-15(12-17)14-23-8-3-9-24(11-10-23)20(25)16-6-7-18(21)19(22)13-16/h2,4-7,12-13H,3,8-11,14H2,1H3. The highest BCUT2D eigenvalue weighted by Gasteiger charge is 2.21. The van der Waals surface area contributed by atoms with E-state index in [1.807, 2.05) is 17.0 Å². The second-order valence-corrected chi connectivity index (χ2v) is 7.22. The van der Waals surface area contributed by atoms with Crippen LogP contribution < -0.4 is 4.74 Å². The molecule has 2 aromatic rings. The summed E-state index contributed by atoms with van der Waals surface area (Å²) in [4.78, 5) is 17.0. The summed E-state index contributed by atoms with van der Waals surface area (Å²) in [6.45, 7) is 4.09. The Morgan fingerprint density at radius 2 is 1.88 bits per heavy atom. The molecule has 4 nitrogen and oxygen atoms in total. The summed E-state index contributed by atoms with van der Waals surface area (Å²) >= 11 is 12.0. The lowest BCUT2D eigenvalue weighted by molar-refractivity contribution is 0.0761. The molecule has 1 fully saturated rings. The number of hydrogen-bond donors (Lipinski definition) is 0. The molecule has 1 heterocycles. The lowest BCUT2D eigenvalue weighted by Crippen LogP contribution is -2.35. The van der Waals surface area contributed by atoms with Crippen molar-refractivity contribution >= 4 is 29.1 Å². The van der Waals surface area contributed by atoms with Gasteiger partial charge in [-0.3, -0.25) is 9.69 Å². The molecule has 0 aliphatic carbocycles. The molecule has 0 unspecified atom stereocenters. The van der Waals surface area contributed by atoms with Crippen LogP contribution in [0.1, 0.15) is 22.3 Å². The van der Waals surface area contributed by atoms with Crippen molar-refractivity contribution in [1.29, 1.82) is 0 Å². The molecule has 2 aromatic carbocycles. The molecule has 0 radical (unpaired) electrons. The first kappa shape index (κ1) is 19.0. The minimum atomic E-state index is 0.00629. The van der Waals surface area contributed by atoms with Crippen molar-refractivity contribution in [3.05, 3.63) is 63.6 Å². The minimum Gasteiger partial charge on any atom is -0.497 e. The van der Waals surface area contributed by atoms with E-state index in [-0.39, 0.29) is 5.91 Å². The summed E-state index contributed by atoms with van der Waals surface area (Å²) in [6, 6.07) is 13.2. The van der Waals surface area contributed by atoms with E-state index in [2.05, 4.69) is 17.0 Å². The number of halogens is 2. The lowest BCUT2D eigenvalue weighted by atomic mass is 10.2. The number of benzene rings is 2. The minimum absolute atomic E-state index is 0.00629. The van der Waals surface area contributed by atoms with Gasteiger partial charge in [-0.25, -0.2) is 0 Å². The number of carbonyl (C=O) groups is 1. The zero-order valence-corrected chi connectivity index (χ0v) is 16.3. The van der Waals surface area contributed by atoms with E-state index < -0.39 is 0 Å². The van der Waals surface area contributed by atoms with E-state index in [1.54, 1.807) is 25.3 Å². The smallest absolute Gasteiger partial charge is 0.253 e. The Morgan fingerprint density at radius 1 is 1.04 bits per heavy atom. The maximum absolute atomic E-state index is 12.8. The van der Waals surface area contributed by atoms with Crippen LogP contribution in [0.15, 0.2) is 42.5 Å². The summed E-state index contributed by atoms with van der Waals surface area (Å²) in [5.74, 6) is 0.876. The Bertz CT molecular complexity index is 782. The van der Waals surface area contributed by atoms with Gasteiger partial charge in [-0.2, -0.15) is 0 Å². The molecule has 0 bridgehead atoms. The molecule has 0 saturated carbocycles. The Labute approximate surface area is 164 Å². The van der Waals surface area contributed by atoms with Crippen LogP contribution in [0.25, 0.3) is 0 Å². The van der Waals surface area contributed by atoms with Crippen molar-refractivity contribution in [2.24, 2.45) is 0 Å². The van der Waals surface area contributed by atoms with Gasteiger partial charge in [-0.1, -0.05) is 35.3 Å². The predicted octanol–water partition coefficient (Wildman–Crippen LogP) is 4.35. The first-order valence-corrected chi connectivity index (χ1v) is 9.42. The van der Waals surface area contributed by atoms with Crippen LogP contribution in [-0.2, 0) is 6.54 Å². The van der Waals surface area contributed by atoms with Crippen LogP contribution in [-0.4, -0.2) is 49.0 Å². The van der Waals surface area contributed by atoms with Gasteiger partial charge in [0.2, 0.25) is 0 Å². The van der Waals surface area contributed by atoms with E-state index in [9.17, 15) is 4.79 Å². The SMILES string of the molecule is COc1cccc(CN2CCCN(C(=O)c3ccc(Cl)c(Cl)c3)CC2)c1. The van der Waals surface area contributed by atoms with Crippen molar-refractivity contribution in [3.8, 4) is 5.75 Å². The van der Waals surface area contributed by atoms with Gasteiger partial charge in [0.15, 0.2) is 0 Å². The number of hydrogen-bond acceptors (Lipinski definition) is 3. The van der Waals surface area contributed by atoms with Crippen molar-refractivity contribution in [2.45, 2.75) is 13.0 Å². The zero-order valence-electron chi connectivity index (χ0n) is 14.8. The normalized spacial score (nSPS) is 15.6. The van der Waals surface area contributed by atoms with E-state index in [4.69, 9.17) is 27.9 Å². The molecule has 1 aliphatic rings. The molecule has 138 valence electrons. The Balaban J connectivity index is 1.62. The highest BCUT2D eigenvalue weighted by molar-refractivity contribution is 6.42. The monoisotopic (exact) mass is 392 g/mol. The molecule has 3 rings (SSSR count). The lowest BCUT2D eigenvalue weighted by Gasteiger charge is -2.22. The molecule has 1 amide bonds. The third-order valence-electron chi connectivity index (χ3n) is 4.58. The number of rotatable bonds is 4. The Hall–Kier alpha value is -1.75. The van der Waals surface area contributed by atoms with E-state index >= 15 is 0 Å². The first-order chi connectivity index (χ1) is 12.6. The molecule has 6 heteroatoms. The Kier molecular flexibility index (Phi) is 6.41. The fourth-order valence-corrected chi connectivity index (χ4v) is 3.47. The predicted molar refractivity (Wildman–Crippen MR) is 105 cm³/mol. The largest absolute Gasteiger partial charge is 0.497 e. The average molecular weight is 393 g/mol. The summed E-state index contributed by atoms with van der Waals surface area (Å²) in [6.07, 6.45) is 0.941. The molecule has 1 aliphatic heterocycles. The molecule has 1 saturated heterocycles. The third kappa shape index (κ3) is 4.70. The second-order valence-electron chi connectivity index (χ2n) is 6.40. The number of carbonyl (C=O) groups excluding carboxylic acids is 1. The van der Waals surface area contributed by atoms with Crippen LogP contribution in [0.2, 0.25) is 10.0 Å². The van der Waals surface area contributed by atoms with E-state index in [0.717, 1.165) is 38.3 Å². The van der Waals surface area contributed by atoms with Gasteiger partial charge in [0.1, 0.15) is 5.75 Å². The van der Waals surface area contributed by atoms with Gasteiger partial charge in [0.05, 0.1) is 17.2 Å². The van der Waals surface area contributed by atoms with Gasteiger partial charge in [0, 0.05) is 38.3 Å². The Morgan fingerprint density at radius 3 is 2.65 bits per heavy atom. The summed E-state index contributed by atoms with van der Waals surface area (Å²) in [5, 5.41) is 0.871. The van der Waals surface area contributed by atoms with Gasteiger partial charge >= 0.3 is 0 Å². The highest BCUT2D eigenvalue weighted by atomic mass is 35.5. The second kappa shape index (κ2) is 8.76. The highest BCUT2D eigenvalue weighted by Crippen LogP contribution is 2.23. The van der Waals surface area contributed by atoms with E-state index in [1.165, 1.54) is 5.56 Å². The van der Waals surface area contributed by atoms with Crippen LogP contribution in [0.5, 0.6) is 5.75 Å². The maximum atomic E-state index is 12.8. The van der Waals surface area contributed by atoms with Crippen molar-refractivity contribution < 1.29 is 9.53 Å². The summed E-state index contributed by atoms with van der Waals surface area (Å²) in [5.41, 5.74) is 1.80. The fraction of sp³-hybridized carbons (Fsp3) is 0.350. The number of nitrogens with zero attached hydrogens (tertiary/aromatic N) is 2. The first-order valence-electron chi connectivity index (χ1n) is 8.66. The van der Waals surface area contributed by atoms with Gasteiger partial charge in [0.25, 0.3) is 5.91 Å². The van der Waals surface area contributed by atoms with Crippen molar-refractivity contribution in [2.75, 3.05) is 33.3 Å². The molecule has 0 spiro atoms. The van der Waals surface area contributed by atoms with Crippen molar-refractivity contribution in [3.63, 3.8) is 0 Å². The quantitative estimate of drug-likeness (QED) is 0.774. The molecule has 0 N–H and O–H groups in total. The molecular weight excluding hydrogens is 371 g/mol. The van der Waals surface area contributed by atoms with Crippen LogP contribution in [0.3, 0.4) is 0 Å². The number of ether oxygens (including phenoxy) is 1. The number of methoxy groups -OCH3 is 1. The third-order valence-corrected chi connectivity index (χ3v) is 5.32. The topological polar surface area (TPSA) is 32.8 Å². The molecular formula is C20H22Cl2N2O2. The van der Waals surface area contributed by atoms with Crippen LogP contribution in [0, 0.1) is 0 Å². The van der Waals surface area contributed by atoms with E-state index in [0.29, 0.717) is 22.2 Å². The average Bonchev–Trinajstić information content (AvgIpc) is 2.89. The fourth-order valence-electron chi connectivity index (χ4n) is 3.17. The van der Waals surface area contributed by atoms with Crippen molar-refractivity contribution in [1.82, 2.24) is 9.80 Å². The molecule has 26 heavy (non-hydrogen) atoms. The molecule has 0 aromatic heterocycles. The van der Waals surface area contributed by atoms with Gasteiger partial charge < -0.3 is 9.64 Å². The van der Waals surface area contributed by atoms with Gasteiger partial charge in [-0.05, 0) is 42.3 Å². The van der Waals surface area contributed by atoms with Crippen LogP contribution in [0.4, 0.5) is 0 Å². The maximum Gasteiger partial charge on any atom is 0.253 e. The summed E-state index contributed by atoms with van der Waals surface area (Å²) in [7, 11) is 1.68. The number of amides is 1. The van der Waals surface area contributed by atoms with Crippen LogP contribution >= 0.6 is 23.2 Å². The zero-order chi connectivity index (χ0) is 18.5. The molecule has 0 atom stereocenters. The van der Waals surface area contributed by atoms with Gasteiger partial charge in [-0.15, -0.1) is 0 Å².